The maximum Gasteiger partial charge on any atom is 0.279 e. The summed E-state index contributed by atoms with van der Waals surface area (Å²) in [5, 5.41) is 0. The zero-order valence-electron chi connectivity index (χ0n) is 16.6. The first kappa shape index (κ1) is 23.1. The van der Waals surface area contributed by atoms with Crippen LogP contribution in [-0.4, -0.2) is 40.0 Å². The van der Waals surface area contributed by atoms with Crippen LogP contribution in [0.1, 0.15) is 24.2 Å². The van der Waals surface area contributed by atoms with Crippen molar-refractivity contribution in [2.75, 3.05) is 13.7 Å². The number of nitrogens with one attached hydrogen (secondary N) is 3. The second-order valence-electron chi connectivity index (χ2n) is 5.96. The molecule has 0 aliphatic carbocycles. The van der Waals surface area contributed by atoms with Crippen LogP contribution in [-0.2, 0) is 14.8 Å². The number of amides is 2. The maximum absolute atomic E-state index is 13.9. The molecule has 1 atom stereocenters. The van der Waals surface area contributed by atoms with Crippen molar-refractivity contribution >= 4 is 21.8 Å². The molecule has 0 aliphatic heterocycles. The number of hydrogen-bond acceptors (Lipinski definition) is 6. The lowest BCUT2D eigenvalue weighted by Gasteiger charge is -2.16. The molecule has 0 saturated carbocycles. The monoisotopic (exact) mass is 439 g/mol. The van der Waals surface area contributed by atoms with Crippen LogP contribution < -0.4 is 25.0 Å². The Bertz CT molecular complexity index is 1010. The van der Waals surface area contributed by atoms with Gasteiger partial charge in [-0.25, -0.2) is 17.5 Å². The summed E-state index contributed by atoms with van der Waals surface area (Å²) in [5.74, 6) is -1.61. The summed E-state index contributed by atoms with van der Waals surface area (Å²) in [6, 6.07) is 9.33. The van der Waals surface area contributed by atoms with Crippen molar-refractivity contribution < 1.29 is 31.9 Å². The summed E-state index contributed by atoms with van der Waals surface area (Å²) in [6.07, 6.45) is -0.982. The van der Waals surface area contributed by atoms with Gasteiger partial charge in [-0.05, 0) is 63.4 Å². The topological polar surface area (TPSA) is 123 Å². The summed E-state index contributed by atoms with van der Waals surface area (Å²) in [4.78, 5) is 24.0. The minimum Gasteiger partial charge on any atom is -0.494 e. The lowest BCUT2D eigenvalue weighted by atomic mass is 10.2. The second kappa shape index (κ2) is 10.0. The highest BCUT2D eigenvalue weighted by atomic mass is 32.2. The summed E-state index contributed by atoms with van der Waals surface area (Å²) >= 11 is 0. The normalized spacial score (nSPS) is 12.0. The van der Waals surface area contributed by atoms with Gasteiger partial charge < -0.3 is 9.47 Å². The molecule has 0 spiro atoms. The fourth-order valence-corrected chi connectivity index (χ4v) is 3.05. The molecule has 2 aromatic rings. The third-order valence-corrected chi connectivity index (χ3v) is 5.29. The number of halogens is 1. The molecular weight excluding hydrogens is 417 g/mol. The van der Waals surface area contributed by atoms with E-state index in [9.17, 15) is 22.4 Å². The first-order valence-electron chi connectivity index (χ1n) is 8.90. The Morgan fingerprint density at radius 1 is 1.07 bits per heavy atom. The lowest BCUT2D eigenvalue weighted by molar-refractivity contribution is -0.128. The molecule has 0 aliphatic rings. The highest BCUT2D eigenvalue weighted by molar-refractivity contribution is 7.89. The number of hydrogen-bond donors (Lipinski definition) is 3. The van der Waals surface area contributed by atoms with E-state index in [2.05, 4.69) is 10.1 Å². The molecule has 162 valence electrons. The number of carbonyl (C=O) groups excluding carboxylic acids is 2. The summed E-state index contributed by atoms with van der Waals surface area (Å²) in [7, 11) is -2.69. The first-order valence-corrected chi connectivity index (χ1v) is 10.4. The van der Waals surface area contributed by atoms with Crippen molar-refractivity contribution in [1.82, 2.24) is 15.6 Å². The van der Waals surface area contributed by atoms with Crippen LogP contribution in [0, 0.1) is 5.82 Å². The van der Waals surface area contributed by atoms with E-state index in [1.165, 1.54) is 14.0 Å². The molecule has 11 heteroatoms. The van der Waals surface area contributed by atoms with Crippen molar-refractivity contribution in [3.63, 3.8) is 0 Å². The van der Waals surface area contributed by atoms with Gasteiger partial charge in [0.1, 0.15) is 17.3 Å². The Kier molecular flexibility index (Phi) is 7.72. The van der Waals surface area contributed by atoms with E-state index in [4.69, 9.17) is 9.47 Å². The van der Waals surface area contributed by atoms with Gasteiger partial charge in [0.05, 0.1) is 17.1 Å². The summed E-state index contributed by atoms with van der Waals surface area (Å²) in [5.41, 5.74) is 3.60. The van der Waals surface area contributed by atoms with E-state index in [0.29, 0.717) is 18.1 Å². The molecular formula is C19H22FN3O6S. The minimum atomic E-state index is -3.87. The van der Waals surface area contributed by atoms with Gasteiger partial charge in [-0.15, -0.1) is 0 Å². The average Bonchev–Trinajstić information content (AvgIpc) is 2.73. The van der Waals surface area contributed by atoms with Crippen LogP contribution in [0.15, 0.2) is 47.4 Å². The highest BCUT2D eigenvalue weighted by Gasteiger charge is 2.20. The molecule has 9 nitrogen and oxygen atoms in total. The molecule has 2 rings (SSSR count). The molecule has 0 radical (unpaired) electrons. The van der Waals surface area contributed by atoms with Gasteiger partial charge >= 0.3 is 0 Å². The Balaban J connectivity index is 1.98. The number of rotatable bonds is 8. The zero-order chi connectivity index (χ0) is 22.3. The van der Waals surface area contributed by atoms with E-state index in [-0.39, 0.29) is 4.90 Å². The molecule has 30 heavy (non-hydrogen) atoms. The zero-order valence-corrected chi connectivity index (χ0v) is 17.4. The van der Waals surface area contributed by atoms with Crippen LogP contribution in [0.5, 0.6) is 11.5 Å². The van der Waals surface area contributed by atoms with E-state index in [0.717, 1.165) is 18.2 Å². The molecule has 0 fully saturated rings. The Labute approximate surface area is 173 Å². The lowest BCUT2D eigenvalue weighted by Crippen LogP contribution is -2.47. The van der Waals surface area contributed by atoms with E-state index < -0.39 is 39.3 Å². The molecule has 2 amide bonds. The van der Waals surface area contributed by atoms with E-state index in [1.54, 1.807) is 24.3 Å². The van der Waals surface area contributed by atoms with Crippen molar-refractivity contribution in [1.29, 1.82) is 0 Å². The highest BCUT2D eigenvalue weighted by Crippen LogP contribution is 2.18. The summed E-state index contributed by atoms with van der Waals surface area (Å²) < 4.78 is 50.4. The fraction of sp³-hybridized carbons (Fsp3) is 0.263. The van der Waals surface area contributed by atoms with Gasteiger partial charge in [0, 0.05) is 0 Å². The maximum atomic E-state index is 13.9. The molecule has 0 heterocycles. The number of hydrazine groups is 1. The number of carbonyl (C=O) groups is 2. The Hall–Kier alpha value is -3.18. The van der Waals surface area contributed by atoms with Crippen LogP contribution in [0.2, 0.25) is 0 Å². The predicted molar refractivity (Wildman–Crippen MR) is 106 cm³/mol. The van der Waals surface area contributed by atoms with Crippen LogP contribution >= 0.6 is 0 Å². The number of benzene rings is 2. The average molecular weight is 439 g/mol. The van der Waals surface area contributed by atoms with Crippen molar-refractivity contribution in [3.8, 4) is 11.5 Å². The van der Waals surface area contributed by atoms with E-state index >= 15 is 0 Å². The Morgan fingerprint density at radius 3 is 2.30 bits per heavy atom. The van der Waals surface area contributed by atoms with Crippen LogP contribution in [0.25, 0.3) is 0 Å². The third-order valence-electron chi connectivity index (χ3n) is 3.88. The van der Waals surface area contributed by atoms with Gasteiger partial charge in [-0.2, -0.15) is 0 Å². The number of sulfonamides is 1. The van der Waals surface area contributed by atoms with E-state index in [1.807, 2.05) is 12.3 Å². The Morgan fingerprint density at radius 2 is 1.70 bits per heavy atom. The third kappa shape index (κ3) is 5.91. The number of ether oxygens (including phenoxy) is 2. The van der Waals surface area contributed by atoms with Gasteiger partial charge in [-0.1, -0.05) is 0 Å². The molecule has 1 unspecified atom stereocenters. The van der Waals surface area contributed by atoms with Crippen LogP contribution in [0.3, 0.4) is 0 Å². The quantitative estimate of drug-likeness (QED) is 0.534. The molecule has 0 saturated heterocycles. The molecule has 0 aromatic heterocycles. The van der Waals surface area contributed by atoms with Gasteiger partial charge in [-0.3, -0.25) is 20.4 Å². The fourth-order valence-electron chi connectivity index (χ4n) is 2.29. The molecule has 3 N–H and O–H groups in total. The first-order chi connectivity index (χ1) is 14.2. The minimum absolute atomic E-state index is 0.296. The smallest absolute Gasteiger partial charge is 0.279 e. The molecule has 2 aromatic carbocycles. The van der Waals surface area contributed by atoms with Crippen molar-refractivity contribution in [2.24, 2.45) is 0 Å². The largest absolute Gasteiger partial charge is 0.494 e. The predicted octanol–water partition coefficient (Wildman–Crippen LogP) is 1.36. The van der Waals surface area contributed by atoms with Gasteiger partial charge in [0.2, 0.25) is 10.0 Å². The van der Waals surface area contributed by atoms with Crippen molar-refractivity contribution in [3.05, 3.63) is 53.8 Å². The van der Waals surface area contributed by atoms with Gasteiger partial charge in [0.15, 0.2) is 6.10 Å². The molecule has 0 bridgehead atoms. The van der Waals surface area contributed by atoms with Crippen LogP contribution in [0.4, 0.5) is 4.39 Å². The second-order valence-corrected chi connectivity index (χ2v) is 7.84. The summed E-state index contributed by atoms with van der Waals surface area (Å²) in [6.45, 7) is 3.83. The standard InChI is InChI=1S/C19H22FN3O6S/c1-4-28-13-5-7-14(8-6-13)29-12(2)18(24)22-23-19(25)16-11-15(9-10-17(16)20)30(26,27)21-3/h5-12,21H,4H2,1-3H3,(H,22,24)(H,23,25). The SMILES string of the molecule is CCOc1ccc(OC(C)C(=O)NNC(=O)c2cc(S(=O)(=O)NC)ccc2F)cc1. The van der Waals surface area contributed by atoms with Crippen molar-refractivity contribution in [2.45, 2.75) is 24.8 Å². The van der Waals surface area contributed by atoms with Gasteiger partial charge in [0.25, 0.3) is 11.8 Å².